The lowest BCUT2D eigenvalue weighted by molar-refractivity contribution is -0.156. The van der Waals surface area contributed by atoms with E-state index in [0.29, 0.717) is 6.42 Å². The van der Waals surface area contributed by atoms with Crippen LogP contribution in [-0.4, -0.2) is 222 Å². The molecule has 1 fully saturated rings. The number of likely N-dealkylation sites (N-methyl/N-ethyl adjacent to an activating group) is 7. The van der Waals surface area contributed by atoms with Crippen molar-refractivity contribution in [1.29, 1.82) is 0 Å². The van der Waals surface area contributed by atoms with Crippen LogP contribution >= 0.6 is 0 Å². The highest BCUT2D eigenvalue weighted by Crippen LogP contribution is 2.28. The lowest BCUT2D eigenvalue weighted by atomic mass is 9.84. The maximum atomic E-state index is 15.2. The molecule has 0 saturated carbocycles. The molecule has 4 N–H and O–H groups in total. The average Bonchev–Trinajstić information content (AvgIpc) is 2.88. The summed E-state index contributed by atoms with van der Waals surface area (Å²) in [6, 6.07) is -11.1. The van der Waals surface area contributed by atoms with Gasteiger partial charge in [-0.25, -0.2) is 0 Å². The van der Waals surface area contributed by atoms with Gasteiger partial charge in [-0.2, -0.15) is 0 Å². The Bertz CT molecular complexity index is 2270. The molecule has 0 aromatic rings. The number of carbonyl (C=O) groups excluding carboxylic acids is 11. The van der Waals surface area contributed by atoms with Crippen molar-refractivity contribution in [2.24, 2.45) is 47.3 Å². The third-order valence-corrected chi connectivity index (χ3v) is 16.7. The Balaban J connectivity index is 4.25. The van der Waals surface area contributed by atoms with Crippen LogP contribution in [0.3, 0.4) is 0 Å². The average molecular weight is 1200 g/mol. The van der Waals surface area contributed by atoms with E-state index in [2.05, 4.69) is 21.3 Å². The quantitative estimate of drug-likeness (QED) is 0.178. The maximum Gasteiger partial charge on any atom is 0.246 e. The van der Waals surface area contributed by atoms with Crippen LogP contribution in [0.5, 0.6) is 0 Å². The monoisotopic (exact) mass is 1200 g/mol. The molecule has 1 heterocycles. The summed E-state index contributed by atoms with van der Waals surface area (Å²) in [4.78, 5) is 169. The summed E-state index contributed by atoms with van der Waals surface area (Å²) in [7, 11) is 10.5. The van der Waals surface area contributed by atoms with Crippen LogP contribution in [0.1, 0.15) is 170 Å². The van der Waals surface area contributed by atoms with E-state index in [0.717, 1.165) is 12.8 Å². The van der Waals surface area contributed by atoms with Crippen molar-refractivity contribution in [1.82, 2.24) is 55.6 Å². The summed E-state index contributed by atoms with van der Waals surface area (Å²) in [5, 5.41) is 11.3. The summed E-state index contributed by atoms with van der Waals surface area (Å²) >= 11 is 0. The smallest absolute Gasteiger partial charge is 0.246 e. The number of amides is 10. The predicted molar refractivity (Wildman–Crippen MR) is 332 cm³/mol. The van der Waals surface area contributed by atoms with Crippen LogP contribution in [0.4, 0.5) is 0 Å². The van der Waals surface area contributed by atoms with E-state index in [1.54, 1.807) is 46.6 Å². The first-order valence-corrected chi connectivity index (χ1v) is 31.2. The van der Waals surface area contributed by atoms with Gasteiger partial charge in [0.05, 0.1) is 19.1 Å². The van der Waals surface area contributed by atoms with E-state index in [9.17, 15) is 43.2 Å². The van der Waals surface area contributed by atoms with E-state index < -0.39 is 143 Å². The van der Waals surface area contributed by atoms with E-state index in [4.69, 9.17) is 0 Å². The van der Waals surface area contributed by atoms with E-state index in [1.165, 1.54) is 85.5 Å². The van der Waals surface area contributed by atoms with Gasteiger partial charge in [0, 0.05) is 42.3 Å². The molecule has 85 heavy (non-hydrogen) atoms. The number of Topliss-reactive ketones (excluding diaryl/α,β-unsaturated/α-hetero) is 1. The summed E-state index contributed by atoms with van der Waals surface area (Å²) < 4.78 is 0. The van der Waals surface area contributed by atoms with E-state index in [1.807, 2.05) is 76.2 Å². The summed E-state index contributed by atoms with van der Waals surface area (Å²) in [6.07, 6.45) is 2.53. The number of nitrogens with one attached hydrogen (secondary N) is 4. The molecule has 0 aromatic heterocycles. The third-order valence-electron chi connectivity index (χ3n) is 16.7. The van der Waals surface area contributed by atoms with Gasteiger partial charge in [0.2, 0.25) is 59.1 Å². The molecule has 12 unspecified atom stereocenters. The molecule has 488 valence electrons. The number of hydrogen-bond acceptors (Lipinski definition) is 12. The molecular formula is C63H115N11O11. The second-order valence-corrected chi connectivity index (χ2v) is 26.9. The fraction of sp³-hybridized carbons (Fsp3) is 0.825. The van der Waals surface area contributed by atoms with Crippen LogP contribution in [0, 0.1) is 47.3 Å². The number of carbonyl (C=O) groups is 11. The van der Waals surface area contributed by atoms with Crippen molar-refractivity contribution in [3.63, 3.8) is 0 Å². The second-order valence-electron chi connectivity index (χ2n) is 26.9. The van der Waals surface area contributed by atoms with Crippen molar-refractivity contribution in [2.45, 2.75) is 230 Å². The van der Waals surface area contributed by atoms with Crippen molar-refractivity contribution in [2.75, 3.05) is 62.4 Å². The fourth-order valence-corrected chi connectivity index (χ4v) is 11.4. The van der Waals surface area contributed by atoms with Crippen LogP contribution in [0.2, 0.25) is 0 Å². The first kappa shape index (κ1) is 77.3. The van der Waals surface area contributed by atoms with Crippen LogP contribution in [0.25, 0.3) is 0 Å². The normalized spacial score (nSPS) is 27.2. The molecule has 0 aliphatic carbocycles. The minimum absolute atomic E-state index is 0.0332. The van der Waals surface area contributed by atoms with Crippen LogP contribution in [-0.2, 0) is 52.7 Å². The Hall–Kier alpha value is -5.67. The molecular weight excluding hydrogens is 1090 g/mol. The van der Waals surface area contributed by atoms with Gasteiger partial charge in [-0.3, -0.25) is 57.6 Å². The molecule has 22 heteroatoms. The molecule has 1 aliphatic heterocycles. The molecule has 0 bridgehead atoms. The first-order chi connectivity index (χ1) is 39.2. The molecule has 0 spiro atoms. The van der Waals surface area contributed by atoms with Gasteiger partial charge in [-0.1, -0.05) is 124 Å². The van der Waals surface area contributed by atoms with Crippen molar-refractivity contribution < 1.29 is 52.7 Å². The molecule has 0 aromatic carbocycles. The minimum Gasteiger partial charge on any atom is -0.343 e. The largest absolute Gasteiger partial charge is 0.343 e. The van der Waals surface area contributed by atoms with Crippen molar-refractivity contribution >= 4 is 64.9 Å². The number of hydrogen-bond donors (Lipinski definition) is 4. The van der Waals surface area contributed by atoms with E-state index >= 15 is 9.59 Å². The lowest BCUT2D eigenvalue weighted by Crippen LogP contribution is -2.62. The molecule has 0 radical (unpaired) electrons. The second kappa shape index (κ2) is 35.2. The molecule has 1 rings (SSSR count). The first-order valence-electron chi connectivity index (χ1n) is 31.2. The molecule has 10 amide bonds. The highest BCUT2D eigenvalue weighted by molar-refractivity contribution is 5.99. The zero-order valence-electron chi connectivity index (χ0n) is 56.9. The van der Waals surface area contributed by atoms with Gasteiger partial charge >= 0.3 is 0 Å². The Labute approximate surface area is 511 Å². The van der Waals surface area contributed by atoms with Crippen LogP contribution < -0.4 is 21.3 Å². The number of nitrogens with zero attached hydrogens (tertiary/aromatic N) is 7. The van der Waals surface area contributed by atoms with Gasteiger partial charge in [-0.15, -0.1) is 0 Å². The van der Waals surface area contributed by atoms with Gasteiger partial charge in [0.25, 0.3) is 0 Å². The van der Waals surface area contributed by atoms with Gasteiger partial charge in [-0.05, 0) is 100 Å². The van der Waals surface area contributed by atoms with Gasteiger partial charge in [0.1, 0.15) is 54.4 Å². The number of rotatable bonds is 15. The SMILES string of the molecule is CCCC(C)C(C)C1C(=O)NC(CC)C(=O)N(C)CC(=O)CN(C)C(CC(C)C)C(=O)NC(C(C)C)C(=O)N(C)C(CC(C)C)C(=O)NC(C)C(=O)NC(C)C(=O)N(C)C(CC(C)C)C(=O)N(C)C(CC(C)C)C(=O)N(C)C(C(C)C)C(=O)N1C. The highest BCUT2D eigenvalue weighted by Gasteiger charge is 2.45. The van der Waals surface area contributed by atoms with Gasteiger partial charge < -0.3 is 50.7 Å². The zero-order chi connectivity index (χ0) is 66.0. The standard InChI is InChI=1S/C63H115N11O11/c1-26-28-41(15)42(16)53-57(79)66-46(27-2)59(81)69(20)34-45(75)33-68(19)47(29-35(3)4)55(77)67-51(39(11)12)62(84)70(21)48(30-36(5)6)56(78)64-43(17)54(76)65-44(18)58(80)71(22)49(31-37(7)8)60(82)72(23)50(32-38(9)10)61(83)73(24)52(40(13)14)63(85)74(53)25/h35-44,46-53H,26-34H2,1-25H3,(H,64,78)(H,65,76)(H,66,79)(H,67,77). The third kappa shape index (κ3) is 22.2. The topological polar surface area (TPSA) is 259 Å². The van der Waals surface area contributed by atoms with Gasteiger partial charge in [0.15, 0.2) is 5.78 Å². The van der Waals surface area contributed by atoms with Crippen molar-refractivity contribution in [3.8, 4) is 0 Å². The minimum atomic E-state index is -1.20. The van der Waals surface area contributed by atoms with Crippen LogP contribution in [0.15, 0.2) is 0 Å². The summed E-state index contributed by atoms with van der Waals surface area (Å²) in [6.45, 7) is 32.3. The maximum absolute atomic E-state index is 15.2. The summed E-state index contributed by atoms with van der Waals surface area (Å²) in [5.74, 6) is -8.04. The predicted octanol–water partition coefficient (Wildman–Crippen LogP) is 4.42. The Morgan fingerprint density at radius 2 is 0.835 bits per heavy atom. The summed E-state index contributed by atoms with van der Waals surface area (Å²) in [5.41, 5.74) is 0. The zero-order valence-corrected chi connectivity index (χ0v) is 56.9. The Kier molecular flexibility index (Phi) is 32.0. The molecule has 1 saturated heterocycles. The van der Waals surface area contributed by atoms with E-state index in [-0.39, 0.29) is 68.4 Å². The molecule has 22 nitrogen and oxygen atoms in total. The Morgan fingerprint density at radius 1 is 0.412 bits per heavy atom. The lowest BCUT2D eigenvalue weighted by Gasteiger charge is -2.42. The molecule has 12 atom stereocenters. The number of ketones is 1. The fourth-order valence-electron chi connectivity index (χ4n) is 11.4. The van der Waals surface area contributed by atoms with Crippen molar-refractivity contribution in [3.05, 3.63) is 0 Å². The molecule has 1 aliphatic rings. The Morgan fingerprint density at radius 3 is 1.29 bits per heavy atom. The highest BCUT2D eigenvalue weighted by atomic mass is 16.2.